The SMILES string of the molecule is CCCNCc1ccc(S(=O)(=O)N(C)C2CCOC2)o1. The van der Waals surface area contributed by atoms with Gasteiger partial charge >= 0.3 is 0 Å². The van der Waals surface area contributed by atoms with Crippen LogP contribution >= 0.6 is 0 Å². The lowest BCUT2D eigenvalue weighted by atomic mass is 10.3. The Morgan fingerprint density at radius 1 is 1.45 bits per heavy atom. The van der Waals surface area contributed by atoms with Crippen LogP contribution in [0, 0.1) is 0 Å². The van der Waals surface area contributed by atoms with Crippen molar-refractivity contribution in [2.75, 3.05) is 26.8 Å². The molecule has 114 valence electrons. The number of furan rings is 1. The third-order valence-corrected chi connectivity index (χ3v) is 5.20. The van der Waals surface area contributed by atoms with Crippen molar-refractivity contribution in [3.05, 3.63) is 17.9 Å². The summed E-state index contributed by atoms with van der Waals surface area (Å²) in [6, 6.07) is 3.12. The first kappa shape index (κ1) is 15.5. The molecule has 1 unspecified atom stereocenters. The number of nitrogens with zero attached hydrogens (tertiary/aromatic N) is 1. The fraction of sp³-hybridized carbons (Fsp3) is 0.692. The minimum atomic E-state index is -3.57. The molecule has 0 aliphatic carbocycles. The number of rotatable bonds is 7. The van der Waals surface area contributed by atoms with Crippen molar-refractivity contribution in [1.29, 1.82) is 0 Å². The molecular formula is C13H22N2O4S. The first-order valence-corrected chi connectivity index (χ1v) is 8.35. The van der Waals surface area contributed by atoms with E-state index in [0.29, 0.717) is 25.5 Å². The van der Waals surface area contributed by atoms with Crippen molar-refractivity contribution in [2.24, 2.45) is 0 Å². The van der Waals surface area contributed by atoms with Gasteiger partial charge in [-0.25, -0.2) is 8.42 Å². The predicted molar refractivity (Wildman–Crippen MR) is 74.9 cm³/mol. The summed E-state index contributed by atoms with van der Waals surface area (Å²) >= 11 is 0. The van der Waals surface area contributed by atoms with Crippen LogP contribution in [0.3, 0.4) is 0 Å². The van der Waals surface area contributed by atoms with Gasteiger partial charge in [0.15, 0.2) is 0 Å². The topological polar surface area (TPSA) is 71.8 Å². The van der Waals surface area contributed by atoms with E-state index < -0.39 is 10.0 Å². The third-order valence-electron chi connectivity index (χ3n) is 3.42. The second-order valence-electron chi connectivity index (χ2n) is 4.94. The molecule has 1 aromatic rings. The maximum Gasteiger partial charge on any atom is 0.276 e. The van der Waals surface area contributed by atoms with E-state index in [1.165, 1.54) is 10.4 Å². The van der Waals surface area contributed by atoms with Gasteiger partial charge in [0.05, 0.1) is 19.2 Å². The van der Waals surface area contributed by atoms with Crippen LogP contribution in [0.25, 0.3) is 0 Å². The number of hydrogen-bond acceptors (Lipinski definition) is 5. The Hall–Kier alpha value is -0.890. The number of nitrogens with one attached hydrogen (secondary N) is 1. The van der Waals surface area contributed by atoms with Gasteiger partial charge in [0.1, 0.15) is 5.76 Å². The number of hydrogen-bond donors (Lipinski definition) is 1. The molecular weight excluding hydrogens is 280 g/mol. The Bertz CT molecular complexity index is 520. The molecule has 1 aliphatic rings. The smallest absolute Gasteiger partial charge is 0.276 e. The van der Waals surface area contributed by atoms with Gasteiger partial charge in [0.25, 0.3) is 10.0 Å². The zero-order valence-electron chi connectivity index (χ0n) is 12.0. The van der Waals surface area contributed by atoms with Gasteiger partial charge in [-0.05, 0) is 31.5 Å². The molecule has 1 aromatic heterocycles. The van der Waals surface area contributed by atoms with E-state index in [0.717, 1.165) is 19.4 Å². The summed E-state index contributed by atoms with van der Waals surface area (Å²) in [7, 11) is -2.00. The fourth-order valence-electron chi connectivity index (χ4n) is 2.13. The summed E-state index contributed by atoms with van der Waals surface area (Å²) in [5.41, 5.74) is 0. The predicted octanol–water partition coefficient (Wildman–Crippen LogP) is 1.19. The van der Waals surface area contributed by atoms with Gasteiger partial charge in [-0.3, -0.25) is 0 Å². The Balaban J connectivity index is 2.05. The third kappa shape index (κ3) is 3.41. The lowest BCUT2D eigenvalue weighted by Gasteiger charge is -2.20. The second-order valence-corrected chi connectivity index (χ2v) is 6.86. The van der Waals surface area contributed by atoms with Gasteiger partial charge in [0.2, 0.25) is 5.09 Å². The molecule has 0 aromatic carbocycles. The Morgan fingerprint density at radius 2 is 2.25 bits per heavy atom. The largest absolute Gasteiger partial charge is 0.447 e. The monoisotopic (exact) mass is 302 g/mol. The maximum atomic E-state index is 12.4. The van der Waals surface area contributed by atoms with Crippen LogP contribution < -0.4 is 5.32 Å². The zero-order valence-corrected chi connectivity index (χ0v) is 12.8. The summed E-state index contributed by atoms with van der Waals surface area (Å²) in [5.74, 6) is 0.632. The van der Waals surface area contributed by atoms with Crippen LogP contribution in [0.5, 0.6) is 0 Å². The minimum absolute atomic E-state index is 0.000184. The van der Waals surface area contributed by atoms with E-state index in [4.69, 9.17) is 9.15 Å². The summed E-state index contributed by atoms with van der Waals surface area (Å²) in [6.45, 7) is 4.54. The summed E-state index contributed by atoms with van der Waals surface area (Å²) < 4.78 is 36.9. The molecule has 1 fully saturated rings. The average Bonchev–Trinajstić information content (AvgIpc) is 3.09. The maximum absolute atomic E-state index is 12.4. The van der Waals surface area contributed by atoms with Crippen LogP contribution in [0.4, 0.5) is 0 Å². The highest BCUT2D eigenvalue weighted by Crippen LogP contribution is 2.22. The van der Waals surface area contributed by atoms with Crippen molar-refractivity contribution in [1.82, 2.24) is 9.62 Å². The molecule has 0 radical (unpaired) electrons. The molecule has 7 heteroatoms. The number of ether oxygens (including phenoxy) is 1. The first-order chi connectivity index (χ1) is 9.55. The van der Waals surface area contributed by atoms with E-state index >= 15 is 0 Å². The normalized spacial score (nSPS) is 19.9. The van der Waals surface area contributed by atoms with Crippen molar-refractivity contribution in [3.8, 4) is 0 Å². The molecule has 20 heavy (non-hydrogen) atoms. The van der Waals surface area contributed by atoms with E-state index in [1.807, 2.05) is 0 Å². The van der Waals surface area contributed by atoms with Gasteiger partial charge < -0.3 is 14.5 Å². The van der Waals surface area contributed by atoms with Crippen LogP contribution in [-0.4, -0.2) is 45.6 Å². The first-order valence-electron chi connectivity index (χ1n) is 6.91. The van der Waals surface area contributed by atoms with Gasteiger partial charge in [-0.2, -0.15) is 4.31 Å². The van der Waals surface area contributed by atoms with E-state index in [-0.39, 0.29) is 11.1 Å². The highest BCUT2D eigenvalue weighted by Gasteiger charge is 2.32. The molecule has 2 heterocycles. The van der Waals surface area contributed by atoms with Crippen LogP contribution in [0.15, 0.2) is 21.6 Å². The summed E-state index contributed by atoms with van der Waals surface area (Å²) in [6.07, 6.45) is 1.75. The van der Waals surface area contributed by atoms with Crippen LogP contribution in [0.2, 0.25) is 0 Å². The van der Waals surface area contributed by atoms with E-state index in [9.17, 15) is 8.42 Å². The van der Waals surface area contributed by atoms with Gasteiger partial charge in [0, 0.05) is 13.7 Å². The Labute approximate surface area is 120 Å². The quantitative estimate of drug-likeness (QED) is 0.766. The highest BCUT2D eigenvalue weighted by atomic mass is 32.2. The lowest BCUT2D eigenvalue weighted by Crippen LogP contribution is -2.37. The van der Waals surface area contributed by atoms with E-state index in [2.05, 4.69) is 12.2 Å². The molecule has 6 nitrogen and oxygen atoms in total. The zero-order chi connectivity index (χ0) is 14.6. The Morgan fingerprint density at radius 3 is 2.90 bits per heavy atom. The minimum Gasteiger partial charge on any atom is -0.447 e. The van der Waals surface area contributed by atoms with Crippen molar-refractivity contribution in [2.45, 2.75) is 37.4 Å². The standard InChI is InChI=1S/C13H22N2O4S/c1-3-7-14-9-12-4-5-13(19-12)20(16,17)15(2)11-6-8-18-10-11/h4-5,11,14H,3,6-10H2,1-2H3. The van der Waals surface area contributed by atoms with Crippen molar-refractivity contribution < 1.29 is 17.6 Å². The van der Waals surface area contributed by atoms with Gasteiger partial charge in [-0.1, -0.05) is 6.92 Å². The van der Waals surface area contributed by atoms with Gasteiger partial charge in [-0.15, -0.1) is 0 Å². The molecule has 0 bridgehead atoms. The summed E-state index contributed by atoms with van der Waals surface area (Å²) in [4.78, 5) is 0. The molecule has 2 rings (SSSR count). The fourth-order valence-corrected chi connectivity index (χ4v) is 3.42. The highest BCUT2D eigenvalue weighted by molar-refractivity contribution is 7.89. The van der Waals surface area contributed by atoms with Crippen molar-refractivity contribution in [3.63, 3.8) is 0 Å². The van der Waals surface area contributed by atoms with Crippen molar-refractivity contribution >= 4 is 10.0 Å². The van der Waals surface area contributed by atoms with E-state index in [1.54, 1.807) is 13.1 Å². The second kappa shape index (κ2) is 6.71. The molecule has 1 N–H and O–H groups in total. The number of likely N-dealkylation sites (N-methyl/N-ethyl adjacent to an activating group) is 1. The average molecular weight is 302 g/mol. The molecule has 1 atom stereocenters. The summed E-state index contributed by atoms with van der Waals surface area (Å²) in [5, 5.41) is 3.18. The molecule has 1 aliphatic heterocycles. The lowest BCUT2D eigenvalue weighted by molar-refractivity contribution is 0.180. The van der Waals surface area contributed by atoms with Crippen LogP contribution in [-0.2, 0) is 21.3 Å². The molecule has 0 amide bonds. The molecule has 0 spiro atoms. The molecule has 0 saturated carbocycles. The number of sulfonamides is 1. The molecule has 1 saturated heterocycles. The Kier molecular flexibility index (Phi) is 5.20. The van der Waals surface area contributed by atoms with Crippen LogP contribution in [0.1, 0.15) is 25.5 Å².